The lowest BCUT2D eigenvalue weighted by Crippen LogP contribution is -2.16. The monoisotopic (exact) mass is 257 g/mol. The van der Waals surface area contributed by atoms with Crippen molar-refractivity contribution in [3.8, 4) is 0 Å². The van der Waals surface area contributed by atoms with E-state index < -0.39 is 0 Å². The molecule has 0 aliphatic carbocycles. The lowest BCUT2D eigenvalue weighted by Gasteiger charge is -2.19. The molecule has 2 aromatic rings. The normalized spacial score (nSPS) is 10.1. The van der Waals surface area contributed by atoms with Gasteiger partial charge in [-0.1, -0.05) is 12.2 Å². The molecule has 0 bridgehead atoms. The minimum atomic E-state index is 0.429. The van der Waals surface area contributed by atoms with E-state index in [1.165, 1.54) is 5.56 Å². The molecule has 0 saturated carbocycles. The molecule has 0 saturated heterocycles. The van der Waals surface area contributed by atoms with E-state index >= 15 is 0 Å². The summed E-state index contributed by atoms with van der Waals surface area (Å²) in [6.45, 7) is 0.842. The highest BCUT2D eigenvalue weighted by molar-refractivity contribution is 7.80. The third-order valence-corrected chi connectivity index (χ3v) is 3.00. The Bertz CT molecular complexity index is 522. The van der Waals surface area contributed by atoms with Crippen molar-refractivity contribution in [3.05, 3.63) is 59.9 Å². The molecule has 0 atom stereocenters. The van der Waals surface area contributed by atoms with Gasteiger partial charge in [-0.3, -0.25) is 4.98 Å². The summed E-state index contributed by atoms with van der Waals surface area (Å²) in [5, 5.41) is 0. The van der Waals surface area contributed by atoms with Crippen molar-refractivity contribution >= 4 is 22.9 Å². The summed E-state index contributed by atoms with van der Waals surface area (Å²) >= 11 is 4.93. The molecule has 0 unspecified atom stereocenters. The molecule has 0 radical (unpaired) electrons. The summed E-state index contributed by atoms with van der Waals surface area (Å²) in [5.41, 5.74) is 8.83. The smallest absolute Gasteiger partial charge is 0.103 e. The third kappa shape index (κ3) is 3.05. The second-order valence-corrected chi connectivity index (χ2v) is 4.56. The van der Waals surface area contributed by atoms with Gasteiger partial charge in [0.25, 0.3) is 0 Å². The van der Waals surface area contributed by atoms with Crippen molar-refractivity contribution in [2.45, 2.75) is 6.54 Å². The minimum Gasteiger partial charge on any atom is -0.389 e. The third-order valence-electron chi connectivity index (χ3n) is 2.76. The Balaban J connectivity index is 2.09. The van der Waals surface area contributed by atoms with Crippen molar-refractivity contribution in [1.29, 1.82) is 0 Å². The molecule has 2 rings (SSSR count). The molecule has 1 heterocycles. The highest BCUT2D eigenvalue weighted by Gasteiger charge is 2.03. The molecule has 1 aromatic heterocycles. The highest BCUT2D eigenvalue weighted by atomic mass is 32.1. The Labute approximate surface area is 112 Å². The van der Waals surface area contributed by atoms with E-state index in [1.807, 2.05) is 36.4 Å². The second-order valence-electron chi connectivity index (χ2n) is 4.12. The number of nitrogens with zero attached hydrogens (tertiary/aromatic N) is 2. The summed E-state index contributed by atoms with van der Waals surface area (Å²) < 4.78 is 0. The van der Waals surface area contributed by atoms with E-state index in [0.717, 1.165) is 17.8 Å². The van der Waals surface area contributed by atoms with E-state index in [4.69, 9.17) is 18.0 Å². The highest BCUT2D eigenvalue weighted by Crippen LogP contribution is 2.16. The topological polar surface area (TPSA) is 42.2 Å². The Morgan fingerprint density at radius 3 is 2.33 bits per heavy atom. The zero-order valence-electron chi connectivity index (χ0n) is 10.2. The summed E-state index contributed by atoms with van der Waals surface area (Å²) in [5.74, 6) is 0. The van der Waals surface area contributed by atoms with Crippen LogP contribution in [0.4, 0.5) is 5.69 Å². The first-order valence-corrected chi connectivity index (χ1v) is 6.07. The summed E-state index contributed by atoms with van der Waals surface area (Å²) in [6.07, 6.45) is 3.61. The molecule has 0 amide bonds. The van der Waals surface area contributed by atoms with Crippen LogP contribution < -0.4 is 10.6 Å². The number of hydrogen-bond donors (Lipinski definition) is 1. The first-order chi connectivity index (χ1) is 8.66. The number of benzene rings is 1. The van der Waals surface area contributed by atoms with Crippen LogP contribution in [-0.4, -0.2) is 17.0 Å². The SMILES string of the molecule is CN(Cc1ccncc1)c1ccc(C(N)=S)cc1. The number of thiocarbonyl (C=S) groups is 1. The van der Waals surface area contributed by atoms with Crippen molar-refractivity contribution < 1.29 is 0 Å². The zero-order chi connectivity index (χ0) is 13.0. The fourth-order valence-corrected chi connectivity index (χ4v) is 1.87. The summed E-state index contributed by atoms with van der Waals surface area (Å²) in [4.78, 5) is 6.60. The summed E-state index contributed by atoms with van der Waals surface area (Å²) in [7, 11) is 2.05. The van der Waals surface area contributed by atoms with Crippen LogP contribution in [0.2, 0.25) is 0 Å². The lowest BCUT2D eigenvalue weighted by molar-refractivity contribution is 0.919. The Morgan fingerprint density at radius 2 is 1.78 bits per heavy atom. The first kappa shape index (κ1) is 12.5. The van der Waals surface area contributed by atoms with Crippen LogP contribution in [-0.2, 0) is 6.54 Å². The van der Waals surface area contributed by atoms with Crippen LogP contribution in [0.15, 0.2) is 48.8 Å². The van der Waals surface area contributed by atoms with Gasteiger partial charge in [-0.2, -0.15) is 0 Å². The van der Waals surface area contributed by atoms with Crippen molar-refractivity contribution in [2.24, 2.45) is 5.73 Å². The maximum atomic E-state index is 5.57. The molecule has 3 nitrogen and oxygen atoms in total. The molecule has 2 N–H and O–H groups in total. The van der Waals surface area contributed by atoms with Gasteiger partial charge in [-0.05, 0) is 42.0 Å². The Hall–Kier alpha value is -1.94. The fourth-order valence-electron chi connectivity index (χ4n) is 1.73. The maximum Gasteiger partial charge on any atom is 0.103 e. The van der Waals surface area contributed by atoms with Gasteiger partial charge in [0.05, 0.1) is 0 Å². The number of anilines is 1. The van der Waals surface area contributed by atoms with Crippen LogP contribution in [0, 0.1) is 0 Å². The largest absolute Gasteiger partial charge is 0.389 e. The molecule has 0 aliphatic heterocycles. The number of hydrogen-bond acceptors (Lipinski definition) is 3. The predicted molar refractivity (Wildman–Crippen MR) is 78.7 cm³/mol. The van der Waals surface area contributed by atoms with E-state index in [9.17, 15) is 0 Å². The molecular weight excluding hydrogens is 242 g/mol. The van der Waals surface area contributed by atoms with Gasteiger partial charge < -0.3 is 10.6 Å². The van der Waals surface area contributed by atoms with Crippen molar-refractivity contribution in [2.75, 3.05) is 11.9 Å². The zero-order valence-corrected chi connectivity index (χ0v) is 11.0. The standard InChI is InChI=1S/C14H15N3S/c1-17(10-11-6-8-16-9-7-11)13-4-2-12(3-5-13)14(15)18/h2-9H,10H2,1H3,(H2,15,18). The van der Waals surface area contributed by atoms with E-state index in [1.54, 1.807) is 12.4 Å². The molecular formula is C14H15N3S. The average molecular weight is 257 g/mol. The van der Waals surface area contributed by atoms with Crippen LogP contribution in [0.25, 0.3) is 0 Å². The molecule has 4 heteroatoms. The van der Waals surface area contributed by atoms with Crippen molar-refractivity contribution in [1.82, 2.24) is 4.98 Å². The van der Waals surface area contributed by atoms with Gasteiger partial charge in [-0.25, -0.2) is 0 Å². The van der Waals surface area contributed by atoms with Gasteiger partial charge in [0.1, 0.15) is 4.99 Å². The van der Waals surface area contributed by atoms with E-state index in [-0.39, 0.29) is 0 Å². The van der Waals surface area contributed by atoms with E-state index in [2.05, 4.69) is 16.9 Å². The first-order valence-electron chi connectivity index (χ1n) is 5.67. The molecule has 18 heavy (non-hydrogen) atoms. The predicted octanol–water partition coefficient (Wildman–Crippen LogP) is 2.35. The van der Waals surface area contributed by atoms with Crippen LogP contribution >= 0.6 is 12.2 Å². The van der Waals surface area contributed by atoms with Gasteiger partial charge in [0, 0.05) is 37.2 Å². The second kappa shape index (κ2) is 5.60. The van der Waals surface area contributed by atoms with Crippen molar-refractivity contribution in [3.63, 3.8) is 0 Å². The number of aromatic nitrogens is 1. The molecule has 92 valence electrons. The Morgan fingerprint density at radius 1 is 1.17 bits per heavy atom. The van der Waals surface area contributed by atoms with Crippen LogP contribution in [0.5, 0.6) is 0 Å². The van der Waals surface area contributed by atoms with Gasteiger partial charge in [-0.15, -0.1) is 0 Å². The van der Waals surface area contributed by atoms with Crippen LogP contribution in [0.1, 0.15) is 11.1 Å². The molecule has 1 aromatic carbocycles. The summed E-state index contributed by atoms with van der Waals surface area (Å²) in [6, 6.07) is 12.0. The Kier molecular flexibility index (Phi) is 3.89. The fraction of sp³-hybridized carbons (Fsp3) is 0.143. The van der Waals surface area contributed by atoms with Crippen LogP contribution in [0.3, 0.4) is 0 Å². The minimum absolute atomic E-state index is 0.429. The average Bonchev–Trinajstić information content (AvgIpc) is 2.40. The molecule has 0 aliphatic rings. The van der Waals surface area contributed by atoms with Gasteiger partial charge in [0.2, 0.25) is 0 Å². The number of nitrogens with two attached hydrogens (primary N) is 1. The number of pyridine rings is 1. The van der Waals surface area contributed by atoms with E-state index in [0.29, 0.717) is 4.99 Å². The lowest BCUT2D eigenvalue weighted by atomic mass is 10.2. The molecule has 0 fully saturated rings. The number of rotatable bonds is 4. The quantitative estimate of drug-likeness (QED) is 0.854. The van der Waals surface area contributed by atoms with Gasteiger partial charge >= 0.3 is 0 Å². The maximum absolute atomic E-state index is 5.57. The molecule has 0 spiro atoms. The van der Waals surface area contributed by atoms with Gasteiger partial charge in [0.15, 0.2) is 0 Å².